The van der Waals surface area contributed by atoms with E-state index < -0.39 is 73.9 Å². The van der Waals surface area contributed by atoms with Crippen LogP contribution in [0, 0.1) is 42.4 Å². The number of anilines is 3. The number of aldehydes is 1. The van der Waals surface area contributed by atoms with Crippen molar-refractivity contribution in [2.75, 3.05) is 68.3 Å². The summed E-state index contributed by atoms with van der Waals surface area (Å²) in [4.78, 5) is 109. The molecule has 28 nitrogen and oxygen atoms in total. The number of aryl methyl sites for hydroxylation is 4. The van der Waals surface area contributed by atoms with Crippen LogP contribution in [-0.4, -0.2) is 205 Å². The topological polar surface area (TPSA) is 357 Å². The van der Waals surface area contributed by atoms with Crippen molar-refractivity contribution in [3.05, 3.63) is 157 Å². The quantitative estimate of drug-likeness (QED) is 0.0130. The van der Waals surface area contributed by atoms with Crippen LogP contribution in [0.1, 0.15) is 244 Å². The molecule has 3 radical (unpaired) electrons. The van der Waals surface area contributed by atoms with Crippen LogP contribution in [0.15, 0.2) is 85.5 Å². The van der Waals surface area contributed by atoms with Crippen molar-refractivity contribution in [2.45, 2.75) is 285 Å². The van der Waals surface area contributed by atoms with Crippen LogP contribution in [0.25, 0.3) is 12.2 Å². The molecule has 6 aliphatic rings. The molecule has 137 heavy (non-hydrogen) atoms. The third kappa shape index (κ3) is 49.9. The van der Waals surface area contributed by atoms with Crippen LogP contribution >= 0.6 is 24.0 Å². The van der Waals surface area contributed by atoms with Crippen molar-refractivity contribution < 1.29 is 135 Å². The summed E-state index contributed by atoms with van der Waals surface area (Å²) >= 11 is 5.64. The molecule has 0 spiro atoms. The zero-order valence-corrected chi connectivity index (χ0v) is 83.2. The van der Waals surface area contributed by atoms with E-state index >= 15 is 0 Å². The van der Waals surface area contributed by atoms with Crippen LogP contribution in [0.5, 0.6) is 0 Å². The fraction of sp³-hybridized carbons (Fsp3) is 0.570. The summed E-state index contributed by atoms with van der Waals surface area (Å²) in [5.74, 6) is 0.899. The smallest absolute Gasteiger partial charge is 0.793 e. The molecule has 0 saturated carbocycles. The maximum atomic E-state index is 12.5. The third-order valence-corrected chi connectivity index (χ3v) is 21.6. The van der Waals surface area contributed by atoms with Gasteiger partial charge >= 0.3 is 78.4 Å². The van der Waals surface area contributed by atoms with Gasteiger partial charge in [0, 0.05) is 187 Å². The molecule has 0 bridgehead atoms. The SMILES string of the molecule is CC(=O)OOC(C)=O.CC(C)(C)OC(=O)N1CCC(Nc2ncncc2CCCC(F)(F)F)CC1.CC1CCN(C(=O)OC(C)(C)C)CC1.Cc1c(C=O)ccc2c1C=C(C#N)C2.Cc1c(CN2CCC(Nc3ncncc3CCCC(F)(F)F)CC2)ccc2c1C=C(C#N)C2.Cl.FC(F)(F)CCCc1cncnc1Cl.FC(F)(F)CCCc1cncnc1NC1CCNCC1.[B-]OC(C)=O.[Na+]. The van der Waals surface area contributed by atoms with Crippen LogP contribution < -0.4 is 50.8 Å². The predicted molar refractivity (Wildman–Crippen MR) is 492 cm³/mol. The van der Waals surface area contributed by atoms with Crippen LogP contribution in [-0.2, 0) is 83.4 Å². The second kappa shape index (κ2) is 60.1. The van der Waals surface area contributed by atoms with E-state index in [1.807, 2.05) is 77.7 Å². The monoisotopic (exact) mass is 1980 g/mol. The number of nitrogens with zero attached hydrogens (tertiary/aromatic N) is 13. The molecule has 6 aromatic rings. The van der Waals surface area contributed by atoms with Crippen molar-refractivity contribution in [1.29, 1.82) is 10.5 Å². The number of nitriles is 2. The number of halogens is 14. The minimum Gasteiger partial charge on any atom is -0.793 e. The number of alkyl halides is 12. The van der Waals surface area contributed by atoms with Gasteiger partial charge in [-0.3, -0.25) is 14.5 Å². The van der Waals surface area contributed by atoms with E-state index in [-0.39, 0.29) is 116 Å². The average Bonchev–Trinajstić information content (AvgIpc) is 1.66. The van der Waals surface area contributed by atoms with Gasteiger partial charge in [0.2, 0.25) is 5.97 Å². The molecule has 2 aromatic carbocycles. The number of benzene rings is 2. The van der Waals surface area contributed by atoms with Crippen molar-refractivity contribution in [2.24, 2.45) is 5.92 Å². The summed E-state index contributed by atoms with van der Waals surface area (Å²) in [6.07, 6.45) is 6.46. The molecule has 12 rings (SSSR count). The van der Waals surface area contributed by atoms with Crippen molar-refractivity contribution in [3.8, 4) is 12.1 Å². The number of hydrogen-bond acceptors (Lipinski definition) is 26. The normalized spacial score (nSPS) is 15.0. The number of amides is 2. The van der Waals surface area contributed by atoms with E-state index in [9.17, 15) is 86.7 Å². The van der Waals surface area contributed by atoms with Gasteiger partial charge in [-0.1, -0.05) is 42.8 Å². The van der Waals surface area contributed by atoms with Gasteiger partial charge in [-0.15, -0.1) is 12.4 Å². The van der Waals surface area contributed by atoms with Gasteiger partial charge in [0.15, 0.2) is 0 Å². The fourth-order valence-corrected chi connectivity index (χ4v) is 14.5. The summed E-state index contributed by atoms with van der Waals surface area (Å²) in [6.45, 7) is 28.4. The van der Waals surface area contributed by atoms with Gasteiger partial charge in [0.1, 0.15) is 65.4 Å². The van der Waals surface area contributed by atoms with Gasteiger partial charge < -0.3 is 53.2 Å². The molecule has 44 heteroatoms. The number of carbonyl (C=O) groups excluding carboxylic acids is 6. The predicted octanol–water partition coefficient (Wildman–Crippen LogP) is 16.9. The number of carbonyl (C=O) groups is 6. The maximum absolute atomic E-state index is 12.5. The van der Waals surface area contributed by atoms with Crippen molar-refractivity contribution >= 4 is 98.0 Å². The number of likely N-dealkylation sites (tertiary alicyclic amines) is 3. The van der Waals surface area contributed by atoms with Gasteiger partial charge in [-0.25, -0.2) is 68.8 Å². The Bertz CT molecular complexity index is 4900. The van der Waals surface area contributed by atoms with E-state index in [1.165, 1.54) is 60.7 Å². The number of hydrogen-bond donors (Lipinski definition) is 4. The van der Waals surface area contributed by atoms with E-state index in [4.69, 9.17) is 26.3 Å². The molecule has 8 heterocycles. The Morgan fingerprint density at radius 2 is 0.839 bits per heavy atom. The molecule has 4 saturated heterocycles. The Balaban J connectivity index is 0.000000422. The third-order valence-electron chi connectivity index (χ3n) is 21.3. The first-order valence-electron chi connectivity index (χ1n) is 44.3. The van der Waals surface area contributed by atoms with E-state index in [2.05, 4.69) is 127 Å². The first-order chi connectivity index (χ1) is 63.4. The Hall–Kier alpha value is -10.0. The Morgan fingerprint density at radius 3 is 1.18 bits per heavy atom. The molecular formula is C93H122BCl2F12N17NaO11. The molecule has 4 fully saturated rings. The number of piperidine rings is 4. The first kappa shape index (κ1) is 121. The van der Waals surface area contributed by atoms with Crippen molar-refractivity contribution in [3.63, 3.8) is 0 Å². The maximum Gasteiger partial charge on any atom is 1.00 e. The molecule has 0 atom stereocenters. The van der Waals surface area contributed by atoms with Crippen molar-refractivity contribution in [1.82, 2.24) is 59.9 Å². The summed E-state index contributed by atoms with van der Waals surface area (Å²) in [7, 11) is 4.32. The van der Waals surface area contributed by atoms with Crippen LogP contribution in [0.2, 0.25) is 5.15 Å². The molecule has 747 valence electrons. The Labute approximate surface area is 827 Å². The Morgan fingerprint density at radius 1 is 0.504 bits per heavy atom. The number of allylic oxidation sites excluding steroid dienone is 2. The van der Waals surface area contributed by atoms with Gasteiger partial charge in [-0.05, 0) is 228 Å². The number of nitrogens with one attached hydrogen (secondary N) is 4. The van der Waals surface area contributed by atoms with E-state index in [0.29, 0.717) is 85.4 Å². The molecule has 4 aliphatic heterocycles. The molecule has 4 N–H and O–H groups in total. The molecule has 2 amide bonds. The number of rotatable bonds is 21. The number of ether oxygens (including phenoxy) is 2. The van der Waals surface area contributed by atoms with Gasteiger partial charge in [0.05, 0.1) is 12.1 Å². The standard InChI is InChI=1S/C25H28F3N5.C18H27F3N4O2.C13H19F3N4.C12H9NO.C11H21NO2.C8H8ClF3N2.C4H6O4.C2H3BO2.ClH.Na/c1-17-21(5-4-19-11-18(13-29)12-23(17)19)15-33-9-6-22(7-10-33)32-24-20(14-30-16-31-24)3-2-8-25(26,27)28;1-17(2,3)27-16(26)25-9-6-14(7-10-25)24-15-13(11-22-12-23-15)5-4-8-18(19,20)21;14-13(15,16)5-1-2-10-8-18-9-19-12(10)20-11-3-6-17-7-4-11;1-8-11(7-14)3-2-10-4-9(6-13)5-12(8)10;1-9-5-7-12(8-6-9)10(13)14-11(2,3)4;9-7-6(4-13-5-14-7)2-1-3-8(10,11)12;1-3(5)7-8-4(2)6;1-2(4)5-3;;/h4-5,12,14,16,22H,2-3,6-11,15H2,1H3,(H,30,31,32);11-12,14H,4-10H2,1-3H3,(H,22,23,24);8-9,11,17H,1-7H2,(H,18,19,20);2-3,5,7H,4H2,1H3;9H,5-8H2,1-4H3;4-5H,1-3H2;1-2H3;1H3;1H;/q;;;;;;;-1;;+1. The molecular weight excluding hydrogens is 1860 g/mol. The number of aromatic nitrogens is 8. The summed E-state index contributed by atoms with van der Waals surface area (Å²) < 4.78 is 161. The zero-order valence-electron chi connectivity index (χ0n) is 79.6. The van der Waals surface area contributed by atoms with Gasteiger partial charge in [0.25, 0.3) is 0 Å². The van der Waals surface area contributed by atoms with Crippen LogP contribution in [0.3, 0.4) is 0 Å². The van der Waals surface area contributed by atoms with E-state index in [0.717, 1.165) is 156 Å². The molecule has 4 aromatic heterocycles. The second-order valence-corrected chi connectivity index (χ2v) is 35.2. The molecule has 0 unspecified atom stereocenters. The second-order valence-electron chi connectivity index (χ2n) is 34.9. The zero-order chi connectivity index (χ0) is 100. The van der Waals surface area contributed by atoms with Gasteiger partial charge in [-0.2, -0.15) is 63.2 Å². The summed E-state index contributed by atoms with van der Waals surface area (Å²) in [5, 5.41) is 31.5. The number of fused-ring (bicyclic) bond motifs is 2. The van der Waals surface area contributed by atoms with E-state index in [1.54, 1.807) is 23.5 Å². The summed E-state index contributed by atoms with van der Waals surface area (Å²) in [6, 6.07) is 13.1. The Kier molecular flexibility index (Phi) is 53.1. The largest absolute Gasteiger partial charge is 1.00 e. The fourth-order valence-electron chi connectivity index (χ4n) is 14.3. The minimum atomic E-state index is -4.16. The first-order valence-corrected chi connectivity index (χ1v) is 44.7. The average molecular weight is 1990 g/mol. The van der Waals surface area contributed by atoms with Crippen LogP contribution in [0.4, 0.5) is 79.7 Å². The minimum absolute atomic E-state index is 0. The molecule has 2 aliphatic carbocycles. The summed E-state index contributed by atoms with van der Waals surface area (Å²) in [5.41, 5.74) is 12.3.